The van der Waals surface area contributed by atoms with Gasteiger partial charge in [0.2, 0.25) is 21.8 Å². The van der Waals surface area contributed by atoms with Gasteiger partial charge < -0.3 is 20.1 Å². The first-order chi connectivity index (χ1) is 17.8. The Hall–Kier alpha value is -3.32. The number of benzene rings is 2. The van der Waals surface area contributed by atoms with Gasteiger partial charge >= 0.3 is 6.18 Å². The number of sulfonamides is 1. The number of rotatable bonds is 9. The quantitative estimate of drug-likeness (QED) is 0.490. The summed E-state index contributed by atoms with van der Waals surface area (Å²) in [6.45, 7) is 1.33. The van der Waals surface area contributed by atoms with Crippen molar-refractivity contribution in [2.45, 2.75) is 49.3 Å². The number of methoxy groups -OCH3 is 2. The second-order valence-corrected chi connectivity index (χ2v) is 10.8. The van der Waals surface area contributed by atoms with Crippen LogP contribution in [0, 0.1) is 0 Å². The maximum absolute atomic E-state index is 13.0. The topological polar surface area (TPSA) is 114 Å². The van der Waals surface area contributed by atoms with Crippen molar-refractivity contribution in [2.24, 2.45) is 0 Å². The van der Waals surface area contributed by atoms with Gasteiger partial charge in [0, 0.05) is 32.5 Å². The van der Waals surface area contributed by atoms with Crippen LogP contribution in [0.5, 0.6) is 11.5 Å². The lowest BCUT2D eigenvalue weighted by molar-refractivity contribution is -0.137. The third kappa shape index (κ3) is 7.16. The van der Waals surface area contributed by atoms with Crippen LogP contribution in [0.25, 0.3) is 0 Å². The van der Waals surface area contributed by atoms with Crippen LogP contribution < -0.4 is 20.1 Å². The molecule has 1 heterocycles. The van der Waals surface area contributed by atoms with Crippen molar-refractivity contribution in [1.29, 1.82) is 0 Å². The molecule has 2 amide bonds. The fourth-order valence-electron chi connectivity index (χ4n) is 4.22. The third-order valence-corrected chi connectivity index (χ3v) is 8.08. The number of amides is 2. The van der Waals surface area contributed by atoms with Gasteiger partial charge in [-0.1, -0.05) is 12.1 Å². The summed E-state index contributed by atoms with van der Waals surface area (Å²) in [5, 5.41) is 5.49. The molecule has 9 nitrogen and oxygen atoms in total. The molecule has 0 aromatic heterocycles. The Kier molecular flexibility index (Phi) is 9.26. The number of alkyl halides is 3. The van der Waals surface area contributed by atoms with Crippen LogP contribution in [-0.2, 0) is 32.2 Å². The Morgan fingerprint density at radius 2 is 1.71 bits per heavy atom. The summed E-state index contributed by atoms with van der Waals surface area (Å²) < 4.78 is 76.6. The zero-order chi connectivity index (χ0) is 28.1. The highest BCUT2D eigenvalue weighted by molar-refractivity contribution is 7.89. The monoisotopic (exact) mass is 557 g/mol. The fraction of sp³-hybridized carbons (Fsp3) is 0.440. The number of nitrogens with one attached hydrogen (secondary N) is 2. The lowest BCUT2D eigenvalue weighted by Crippen LogP contribution is -2.53. The van der Waals surface area contributed by atoms with E-state index >= 15 is 0 Å². The van der Waals surface area contributed by atoms with E-state index in [0.29, 0.717) is 17.6 Å². The van der Waals surface area contributed by atoms with E-state index in [0.717, 1.165) is 28.1 Å². The maximum atomic E-state index is 13.0. The molecule has 1 fully saturated rings. The van der Waals surface area contributed by atoms with Crippen molar-refractivity contribution >= 4 is 21.8 Å². The van der Waals surface area contributed by atoms with E-state index in [2.05, 4.69) is 10.6 Å². The lowest BCUT2D eigenvalue weighted by Gasteiger charge is -2.32. The SMILES string of the molecule is COc1ccc(C[C@@H](NC(C)=O)C(=O)NC2CCN(S(=O)(=O)c3cccc(C(F)(F)F)c3)CC2)cc1OC. The van der Waals surface area contributed by atoms with Crippen LogP contribution in [0.4, 0.5) is 13.2 Å². The summed E-state index contributed by atoms with van der Waals surface area (Å²) in [6.07, 6.45) is -3.97. The first-order valence-electron chi connectivity index (χ1n) is 11.8. The van der Waals surface area contributed by atoms with Crippen LogP contribution in [0.1, 0.15) is 30.9 Å². The molecule has 0 spiro atoms. The van der Waals surface area contributed by atoms with E-state index < -0.39 is 44.5 Å². The third-order valence-electron chi connectivity index (χ3n) is 6.18. The number of nitrogens with zero attached hydrogens (tertiary/aromatic N) is 1. The standard InChI is InChI=1S/C25H30F3N3O6S/c1-16(32)29-21(13-17-7-8-22(36-2)23(14-17)37-3)24(33)30-19-9-11-31(12-10-19)38(34,35)20-6-4-5-18(15-20)25(26,27)28/h4-8,14-15,19,21H,9-13H2,1-3H3,(H,29,32)(H,30,33)/t21-/m1/s1. The molecule has 2 aromatic rings. The average molecular weight is 558 g/mol. The minimum absolute atomic E-state index is 0.0179. The normalized spacial score (nSPS) is 15.9. The molecule has 3 rings (SSSR count). The van der Waals surface area contributed by atoms with Crippen molar-refractivity contribution in [3.8, 4) is 11.5 Å². The first-order valence-corrected chi connectivity index (χ1v) is 13.2. The summed E-state index contributed by atoms with van der Waals surface area (Å²) in [6, 6.07) is 7.50. The summed E-state index contributed by atoms with van der Waals surface area (Å²) in [7, 11) is -1.15. The smallest absolute Gasteiger partial charge is 0.416 e. The second-order valence-electron chi connectivity index (χ2n) is 8.86. The summed E-state index contributed by atoms with van der Waals surface area (Å²) >= 11 is 0. The van der Waals surface area contributed by atoms with Crippen molar-refractivity contribution in [2.75, 3.05) is 27.3 Å². The molecular weight excluding hydrogens is 527 g/mol. The van der Waals surface area contributed by atoms with Crippen LogP contribution >= 0.6 is 0 Å². The number of ether oxygens (including phenoxy) is 2. The van der Waals surface area contributed by atoms with Gasteiger partial charge in [-0.3, -0.25) is 9.59 Å². The molecule has 2 N–H and O–H groups in total. The summed E-state index contributed by atoms with van der Waals surface area (Å²) in [4.78, 5) is 24.4. The highest BCUT2D eigenvalue weighted by Gasteiger charge is 2.35. The number of hydrogen-bond acceptors (Lipinski definition) is 6. The molecule has 1 aliphatic rings. The van der Waals surface area contributed by atoms with Gasteiger partial charge in [0.1, 0.15) is 6.04 Å². The largest absolute Gasteiger partial charge is 0.493 e. The summed E-state index contributed by atoms with van der Waals surface area (Å²) in [5.41, 5.74) is -0.322. The summed E-state index contributed by atoms with van der Waals surface area (Å²) in [5.74, 6) is 0.159. The molecule has 1 aliphatic heterocycles. The van der Waals surface area contributed by atoms with Crippen LogP contribution in [0.2, 0.25) is 0 Å². The Morgan fingerprint density at radius 1 is 1.05 bits per heavy atom. The van der Waals surface area contributed by atoms with Gasteiger partial charge in [0.15, 0.2) is 11.5 Å². The molecule has 0 aliphatic carbocycles. The maximum Gasteiger partial charge on any atom is 0.416 e. The fourth-order valence-corrected chi connectivity index (χ4v) is 5.74. The van der Waals surface area contributed by atoms with Gasteiger partial charge in [-0.05, 0) is 48.7 Å². The number of hydrogen-bond donors (Lipinski definition) is 2. The van der Waals surface area contributed by atoms with Gasteiger partial charge in [0.05, 0.1) is 24.7 Å². The second kappa shape index (κ2) is 12.0. The molecule has 0 unspecified atom stereocenters. The van der Waals surface area contributed by atoms with Crippen LogP contribution in [0.3, 0.4) is 0 Å². The predicted octanol–water partition coefficient (Wildman–Crippen LogP) is 2.74. The molecule has 0 radical (unpaired) electrons. The van der Waals surface area contributed by atoms with Crippen molar-refractivity contribution in [1.82, 2.24) is 14.9 Å². The molecule has 2 aromatic carbocycles. The first kappa shape index (κ1) is 29.2. The molecule has 208 valence electrons. The number of piperidine rings is 1. The molecule has 1 saturated heterocycles. The number of carbonyl (C=O) groups is 2. The number of halogens is 3. The van der Waals surface area contributed by atoms with Crippen LogP contribution in [0.15, 0.2) is 47.4 Å². The Labute approximate surface area is 219 Å². The zero-order valence-electron chi connectivity index (χ0n) is 21.2. The molecule has 0 saturated carbocycles. The van der Waals surface area contributed by atoms with E-state index in [1.165, 1.54) is 21.1 Å². The Balaban J connectivity index is 1.65. The van der Waals surface area contributed by atoms with E-state index in [4.69, 9.17) is 9.47 Å². The van der Waals surface area contributed by atoms with Crippen LogP contribution in [-0.4, -0.2) is 63.9 Å². The Bertz CT molecular complexity index is 1260. The molecule has 38 heavy (non-hydrogen) atoms. The van der Waals surface area contributed by atoms with Crippen molar-refractivity contribution < 1.29 is 40.7 Å². The molecule has 0 bridgehead atoms. The molecule has 1 atom stereocenters. The lowest BCUT2D eigenvalue weighted by atomic mass is 10.0. The van der Waals surface area contributed by atoms with Gasteiger partial charge in [0.25, 0.3) is 0 Å². The molecule has 13 heteroatoms. The van der Waals surface area contributed by atoms with E-state index in [9.17, 15) is 31.2 Å². The highest BCUT2D eigenvalue weighted by atomic mass is 32.2. The van der Waals surface area contributed by atoms with E-state index in [1.807, 2.05) is 0 Å². The van der Waals surface area contributed by atoms with Gasteiger partial charge in [-0.2, -0.15) is 17.5 Å². The predicted molar refractivity (Wildman–Crippen MR) is 132 cm³/mol. The van der Waals surface area contributed by atoms with Gasteiger partial charge in [-0.25, -0.2) is 8.42 Å². The number of carbonyl (C=O) groups excluding carboxylic acids is 2. The Morgan fingerprint density at radius 3 is 2.29 bits per heavy atom. The average Bonchev–Trinajstić information content (AvgIpc) is 2.87. The van der Waals surface area contributed by atoms with Gasteiger partial charge in [-0.15, -0.1) is 0 Å². The zero-order valence-corrected chi connectivity index (χ0v) is 22.0. The molecular formula is C25H30F3N3O6S. The minimum Gasteiger partial charge on any atom is -0.493 e. The minimum atomic E-state index is -4.66. The van der Waals surface area contributed by atoms with Crippen molar-refractivity contribution in [3.05, 3.63) is 53.6 Å². The highest BCUT2D eigenvalue weighted by Crippen LogP contribution is 2.32. The van der Waals surface area contributed by atoms with E-state index in [-0.39, 0.29) is 38.4 Å². The van der Waals surface area contributed by atoms with Crippen molar-refractivity contribution in [3.63, 3.8) is 0 Å². The van der Waals surface area contributed by atoms with E-state index in [1.54, 1.807) is 18.2 Å².